The third kappa shape index (κ3) is 3.74. The molecule has 2 heterocycles. The highest BCUT2D eigenvalue weighted by Crippen LogP contribution is 2.20. The first kappa shape index (κ1) is 11.4. The van der Waals surface area contributed by atoms with Gasteiger partial charge in [0.05, 0.1) is 25.4 Å². The van der Waals surface area contributed by atoms with Crippen LogP contribution in [0.25, 0.3) is 0 Å². The lowest BCUT2D eigenvalue weighted by molar-refractivity contribution is -0.103. The fourth-order valence-electron chi connectivity index (χ4n) is 2.27. The van der Waals surface area contributed by atoms with Crippen LogP contribution in [-0.2, 0) is 14.2 Å². The first-order chi connectivity index (χ1) is 7.34. The molecule has 88 valence electrons. The van der Waals surface area contributed by atoms with Crippen LogP contribution in [0.5, 0.6) is 0 Å². The monoisotopic (exact) mass is 214 g/mol. The molecule has 0 aliphatic carbocycles. The minimum atomic E-state index is 0.305. The Hall–Kier alpha value is -0.120. The van der Waals surface area contributed by atoms with Crippen molar-refractivity contribution in [2.75, 3.05) is 26.4 Å². The van der Waals surface area contributed by atoms with E-state index in [0.29, 0.717) is 12.2 Å². The summed E-state index contributed by atoms with van der Waals surface area (Å²) in [6.45, 7) is 5.60. The Balaban J connectivity index is 1.63. The third-order valence-electron chi connectivity index (χ3n) is 3.27. The van der Waals surface area contributed by atoms with E-state index in [2.05, 4.69) is 6.92 Å². The molecule has 0 aromatic heterocycles. The summed E-state index contributed by atoms with van der Waals surface area (Å²) >= 11 is 0. The number of ether oxygens (including phenoxy) is 3. The van der Waals surface area contributed by atoms with Gasteiger partial charge in [0.15, 0.2) is 0 Å². The highest BCUT2D eigenvalue weighted by Gasteiger charge is 2.22. The van der Waals surface area contributed by atoms with E-state index in [1.807, 2.05) is 0 Å². The van der Waals surface area contributed by atoms with Crippen molar-refractivity contribution in [1.82, 2.24) is 0 Å². The fraction of sp³-hybridized carbons (Fsp3) is 1.00. The minimum absolute atomic E-state index is 0.305. The van der Waals surface area contributed by atoms with Gasteiger partial charge in [-0.2, -0.15) is 0 Å². The van der Waals surface area contributed by atoms with Gasteiger partial charge in [-0.1, -0.05) is 6.92 Å². The minimum Gasteiger partial charge on any atom is -0.379 e. The van der Waals surface area contributed by atoms with Crippen LogP contribution in [0.3, 0.4) is 0 Å². The maximum atomic E-state index is 5.82. The number of hydrogen-bond acceptors (Lipinski definition) is 3. The Kier molecular flexibility index (Phi) is 4.42. The molecule has 15 heavy (non-hydrogen) atoms. The van der Waals surface area contributed by atoms with Crippen LogP contribution >= 0.6 is 0 Å². The second-order valence-electron chi connectivity index (χ2n) is 4.79. The van der Waals surface area contributed by atoms with Gasteiger partial charge in [0, 0.05) is 13.2 Å². The van der Waals surface area contributed by atoms with E-state index in [9.17, 15) is 0 Å². The molecule has 0 N–H and O–H groups in total. The number of rotatable bonds is 3. The summed E-state index contributed by atoms with van der Waals surface area (Å²) in [5.74, 6) is 0.787. The van der Waals surface area contributed by atoms with Crippen molar-refractivity contribution in [3.8, 4) is 0 Å². The van der Waals surface area contributed by atoms with Gasteiger partial charge in [0.2, 0.25) is 0 Å². The maximum Gasteiger partial charge on any atom is 0.0811 e. The Labute approximate surface area is 92.1 Å². The predicted octanol–water partition coefficient (Wildman–Crippen LogP) is 2.00. The van der Waals surface area contributed by atoms with Gasteiger partial charge in [-0.25, -0.2) is 0 Å². The molecule has 0 saturated carbocycles. The van der Waals surface area contributed by atoms with Crippen LogP contribution < -0.4 is 0 Å². The molecule has 2 fully saturated rings. The van der Waals surface area contributed by atoms with E-state index in [4.69, 9.17) is 14.2 Å². The zero-order valence-corrected chi connectivity index (χ0v) is 9.61. The Morgan fingerprint density at radius 2 is 2.20 bits per heavy atom. The van der Waals surface area contributed by atoms with Gasteiger partial charge in [0.25, 0.3) is 0 Å². The predicted molar refractivity (Wildman–Crippen MR) is 57.9 cm³/mol. The second-order valence-corrected chi connectivity index (χ2v) is 4.79. The van der Waals surface area contributed by atoms with E-state index in [1.165, 1.54) is 6.42 Å². The zero-order chi connectivity index (χ0) is 10.5. The molecule has 3 nitrogen and oxygen atoms in total. The molecule has 0 radical (unpaired) electrons. The highest BCUT2D eigenvalue weighted by atomic mass is 16.6. The molecule has 3 heteroatoms. The van der Waals surface area contributed by atoms with Crippen molar-refractivity contribution >= 4 is 0 Å². The molecule has 0 bridgehead atoms. The summed E-state index contributed by atoms with van der Waals surface area (Å²) in [6, 6.07) is 0. The van der Waals surface area contributed by atoms with E-state index >= 15 is 0 Å². The van der Waals surface area contributed by atoms with E-state index < -0.39 is 0 Å². The average Bonchev–Trinajstić information content (AvgIpc) is 2.28. The molecule has 0 aromatic carbocycles. The van der Waals surface area contributed by atoms with Crippen molar-refractivity contribution in [3.05, 3.63) is 0 Å². The SMILES string of the molecule is CC1CCOC(COC2CCCOC2)C1. The molecule has 2 aliphatic heterocycles. The summed E-state index contributed by atoms with van der Waals surface area (Å²) in [6.07, 6.45) is 5.24. The second kappa shape index (κ2) is 5.83. The summed E-state index contributed by atoms with van der Waals surface area (Å²) in [4.78, 5) is 0. The largest absolute Gasteiger partial charge is 0.379 e. The van der Waals surface area contributed by atoms with Crippen LogP contribution in [0, 0.1) is 5.92 Å². The van der Waals surface area contributed by atoms with Crippen LogP contribution in [0.2, 0.25) is 0 Å². The molecule has 2 aliphatic rings. The first-order valence-electron chi connectivity index (χ1n) is 6.15. The zero-order valence-electron chi connectivity index (χ0n) is 9.61. The molecule has 2 rings (SSSR count). The highest BCUT2D eigenvalue weighted by molar-refractivity contribution is 4.70. The van der Waals surface area contributed by atoms with Gasteiger partial charge in [-0.15, -0.1) is 0 Å². The van der Waals surface area contributed by atoms with Crippen molar-refractivity contribution in [3.63, 3.8) is 0 Å². The van der Waals surface area contributed by atoms with Crippen LogP contribution in [0.1, 0.15) is 32.6 Å². The first-order valence-corrected chi connectivity index (χ1v) is 6.15. The van der Waals surface area contributed by atoms with Crippen LogP contribution in [0.15, 0.2) is 0 Å². The van der Waals surface area contributed by atoms with Gasteiger partial charge in [-0.3, -0.25) is 0 Å². The van der Waals surface area contributed by atoms with E-state index in [0.717, 1.165) is 51.6 Å². The standard InChI is InChI=1S/C12H22O3/c1-10-4-6-14-12(7-10)9-15-11-3-2-5-13-8-11/h10-12H,2-9H2,1H3. The van der Waals surface area contributed by atoms with Gasteiger partial charge in [0.1, 0.15) is 0 Å². The molecular weight excluding hydrogens is 192 g/mol. The molecule has 3 unspecified atom stereocenters. The van der Waals surface area contributed by atoms with Crippen LogP contribution in [-0.4, -0.2) is 38.6 Å². The van der Waals surface area contributed by atoms with E-state index in [-0.39, 0.29) is 0 Å². The van der Waals surface area contributed by atoms with Gasteiger partial charge >= 0.3 is 0 Å². The lowest BCUT2D eigenvalue weighted by Crippen LogP contribution is -2.33. The average molecular weight is 214 g/mol. The van der Waals surface area contributed by atoms with Crippen molar-refractivity contribution < 1.29 is 14.2 Å². The smallest absolute Gasteiger partial charge is 0.0811 e. The van der Waals surface area contributed by atoms with E-state index in [1.54, 1.807) is 0 Å². The van der Waals surface area contributed by atoms with Gasteiger partial charge in [-0.05, 0) is 31.6 Å². The number of hydrogen-bond donors (Lipinski definition) is 0. The summed E-state index contributed by atoms with van der Waals surface area (Å²) in [7, 11) is 0. The molecule has 0 amide bonds. The summed E-state index contributed by atoms with van der Waals surface area (Å²) < 4.78 is 16.9. The summed E-state index contributed by atoms with van der Waals surface area (Å²) in [5.41, 5.74) is 0. The maximum absolute atomic E-state index is 5.82. The quantitative estimate of drug-likeness (QED) is 0.719. The van der Waals surface area contributed by atoms with Crippen LogP contribution in [0.4, 0.5) is 0 Å². The fourth-order valence-corrected chi connectivity index (χ4v) is 2.27. The van der Waals surface area contributed by atoms with Crippen molar-refractivity contribution in [1.29, 1.82) is 0 Å². The Morgan fingerprint density at radius 1 is 1.27 bits per heavy atom. The lowest BCUT2D eigenvalue weighted by Gasteiger charge is -2.29. The Bertz CT molecular complexity index is 178. The van der Waals surface area contributed by atoms with Crippen molar-refractivity contribution in [2.24, 2.45) is 5.92 Å². The van der Waals surface area contributed by atoms with Crippen molar-refractivity contribution in [2.45, 2.75) is 44.8 Å². The van der Waals surface area contributed by atoms with Gasteiger partial charge < -0.3 is 14.2 Å². The molecule has 0 spiro atoms. The molecule has 2 saturated heterocycles. The molecule has 3 atom stereocenters. The summed E-state index contributed by atoms with van der Waals surface area (Å²) in [5, 5.41) is 0. The normalized spacial score (nSPS) is 37.8. The molecule has 0 aromatic rings. The topological polar surface area (TPSA) is 27.7 Å². The Morgan fingerprint density at radius 3 is 2.93 bits per heavy atom. The third-order valence-corrected chi connectivity index (χ3v) is 3.27. The molecular formula is C12H22O3. The lowest BCUT2D eigenvalue weighted by atomic mass is 9.98.